The third-order valence-electron chi connectivity index (χ3n) is 5.12. The van der Waals surface area contributed by atoms with Gasteiger partial charge in [-0.05, 0) is 54.3 Å². The van der Waals surface area contributed by atoms with Gasteiger partial charge in [0.05, 0.1) is 10.9 Å². The van der Waals surface area contributed by atoms with Crippen LogP contribution in [0.5, 0.6) is 0 Å². The molecule has 5 nitrogen and oxygen atoms in total. The summed E-state index contributed by atoms with van der Waals surface area (Å²) in [6.07, 6.45) is 3.71. The van der Waals surface area contributed by atoms with Crippen LogP contribution in [0.2, 0.25) is 5.02 Å². The molecule has 2 amide bonds. The lowest BCUT2D eigenvalue weighted by atomic mass is 10.00. The summed E-state index contributed by atoms with van der Waals surface area (Å²) in [6, 6.07) is 6.76. The van der Waals surface area contributed by atoms with Crippen LogP contribution in [0, 0.1) is 10.9 Å². The third-order valence-corrected chi connectivity index (χ3v) is 6.20. The number of carbonyl (C=O) groups is 2. The second-order valence-corrected chi connectivity index (χ2v) is 8.39. The Hall–Kier alpha value is -2.84. The van der Waals surface area contributed by atoms with Crippen molar-refractivity contribution >= 4 is 34.8 Å². The normalized spacial score (nSPS) is 16.2. The van der Waals surface area contributed by atoms with E-state index in [9.17, 15) is 18.4 Å². The molecule has 4 rings (SSSR count). The van der Waals surface area contributed by atoms with Gasteiger partial charge in [-0.25, -0.2) is 4.39 Å². The van der Waals surface area contributed by atoms with E-state index < -0.39 is 34.8 Å². The monoisotopic (exact) mass is 447 g/mol. The van der Waals surface area contributed by atoms with Crippen LogP contribution in [0.3, 0.4) is 0 Å². The molecule has 154 valence electrons. The highest BCUT2D eigenvalue weighted by atomic mass is 35.5. The van der Waals surface area contributed by atoms with Gasteiger partial charge in [0.1, 0.15) is 11.9 Å². The second kappa shape index (κ2) is 8.12. The van der Waals surface area contributed by atoms with Crippen molar-refractivity contribution < 1.29 is 18.4 Å². The minimum atomic E-state index is -1.17. The Morgan fingerprint density at radius 3 is 2.70 bits per heavy atom. The lowest BCUT2D eigenvalue weighted by Gasteiger charge is -2.35. The number of halogens is 3. The van der Waals surface area contributed by atoms with Crippen molar-refractivity contribution in [1.82, 2.24) is 9.88 Å². The summed E-state index contributed by atoms with van der Waals surface area (Å²) in [5.41, 5.74) is 7.07. The van der Waals surface area contributed by atoms with E-state index in [0.29, 0.717) is 40.9 Å². The predicted molar refractivity (Wildman–Crippen MR) is 109 cm³/mol. The molecule has 1 aromatic carbocycles. The fraction of sp³-hybridized carbons (Fsp3) is 0.190. The fourth-order valence-electron chi connectivity index (χ4n) is 3.90. The highest BCUT2D eigenvalue weighted by molar-refractivity contribution is 7.12. The molecule has 1 aliphatic carbocycles. The number of rotatable bonds is 5. The molecule has 0 bridgehead atoms. The highest BCUT2D eigenvalue weighted by Gasteiger charge is 2.40. The van der Waals surface area contributed by atoms with Crippen molar-refractivity contribution in [3.05, 3.63) is 86.3 Å². The van der Waals surface area contributed by atoms with Crippen molar-refractivity contribution in [2.24, 2.45) is 5.73 Å². The molecule has 0 fully saturated rings. The average Bonchev–Trinajstić information content (AvgIpc) is 3.32. The fourth-order valence-corrected chi connectivity index (χ4v) is 4.79. The van der Waals surface area contributed by atoms with Crippen LogP contribution in [-0.2, 0) is 11.2 Å². The molecule has 2 aromatic heterocycles. The Bertz CT molecular complexity index is 1120. The smallest absolute Gasteiger partial charge is 0.265 e. The van der Waals surface area contributed by atoms with Crippen LogP contribution < -0.4 is 5.73 Å². The van der Waals surface area contributed by atoms with E-state index in [1.165, 1.54) is 35.5 Å². The van der Waals surface area contributed by atoms with Gasteiger partial charge in [0.25, 0.3) is 5.91 Å². The lowest BCUT2D eigenvalue weighted by Crippen LogP contribution is -2.43. The van der Waals surface area contributed by atoms with E-state index in [1.807, 2.05) is 0 Å². The van der Waals surface area contributed by atoms with E-state index in [2.05, 4.69) is 4.98 Å². The SMILES string of the molecule is NC(=O)[C@@H](c1cccnc1)N(C(=O)c1ccc(F)s1)[C@@H]1CCc2c(F)cc(Cl)cc21. The Kier molecular flexibility index (Phi) is 5.53. The topological polar surface area (TPSA) is 76.3 Å². The minimum absolute atomic E-state index is 0.110. The Morgan fingerprint density at radius 2 is 2.07 bits per heavy atom. The number of carbonyl (C=O) groups excluding carboxylic acids is 2. The lowest BCUT2D eigenvalue weighted by molar-refractivity contribution is -0.123. The first-order valence-corrected chi connectivity index (χ1v) is 10.3. The first kappa shape index (κ1) is 20.4. The number of thiophene rings is 1. The van der Waals surface area contributed by atoms with Crippen molar-refractivity contribution in [3.8, 4) is 0 Å². The average molecular weight is 448 g/mol. The van der Waals surface area contributed by atoms with Crippen molar-refractivity contribution in [2.45, 2.75) is 24.9 Å². The molecular weight excluding hydrogens is 432 g/mol. The van der Waals surface area contributed by atoms with E-state index in [0.717, 1.165) is 0 Å². The molecule has 0 saturated carbocycles. The van der Waals surface area contributed by atoms with Crippen LogP contribution in [0.25, 0.3) is 0 Å². The molecule has 0 saturated heterocycles. The number of hydrogen-bond donors (Lipinski definition) is 1. The molecule has 0 spiro atoms. The van der Waals surface area contributed by atoms with Crippen LogP contribution in [0.4, 0.5) is 8.78 Å². The Labute approximate surface area is 180 Å². The van der Waals surface area contributed by atoms with Crippen LogP contribution in [0.15, 0.2) is 48.8 Å². The number of nitrogens with zero attached hydrogens (tertiary/aromatic N) is 2. The van der Waals surface area contributed by atoms with Crippen LogP contribution in [-0.4, -0.2) is 21.7 Å². The number of primary amides is 1. The maximum absolute atomic E-state index is 14.5. The first-order valence-electron chi connectivity index (χ1n) is 9.12. The van der Waals surface area contributed by atoms with Gasteiger partial charge in [0.15, 0.2) is 5.13 Å². The largest absolute Gasteiger partial charge is 0.368 e. The number of nitrogens with two attached hydrogens (primary N) is 1. The zero-order valence-corrected chi connectivity index (χ0v) is 17.1. The minimum Gasteiger partial charge on any atom is -0.368 e. The summed E-state index contributed by atoms with van der Waals surface area (Å²) in [7, 11) is 0. The van der Waals surface area contributed by atoms with Gasteiger partial charge in [0, 0.05) is 23.0 Å². The number of fused-ring (bicyclic) bond motifs is 1. The van der Waals surface area contributed by atoms with Gasteiger partial charge in [-0.15, -0.1) is 11.3 Å². The van der Waals surface area contributed by atoms with Gasteiger partial charge >= 0.3 is 0 Å². The third kappa shape index (κ3) is 3.68. The van der Waals surface area contributed by atoms with Crippen LogP contribution in [0.1, 0.15) is 44.9 Å². The van der Waals surface area contributed by atoms with Crippen molar-refractivity contribution in [1.29, 1.82) is 0 Å². The van der Waals surface area contributed by atoms with E-state index in [1.54, 1.807) is 18.2 Å². The summed E-state index contributed by atoms with van der Waals surface area (Å²) in [5, 5.41) is -0.346. The molecule has 1 aliphatic rings. The molecule has 0 unspecified atom stereocenters. The molecular formula is C21H16ClF2N3O2S. The Balaban J connectivity index is 1.87. The standard InChI is InChI=1S/C21H16ClF2N3O2S/c22-12-8-14-13(15(23)9-12)3-4-16(14)27(21(29)17-5-6-18(24)30-17)19(20(25)28)11-2-1-7-26-10-11/h1-2,5-10,16,19H,3-4H2,(H2,25,28)/t16-,19-/m1/s1. The molecule has 2 heterocycles. The number of hydrogen-bond acceptors (Lipinski definition) is 4. The maximum atomic E-state index is 14.5. The number of pyridine rings is 1. The van der Waals surface area contributed by atoms with Crippen LogP contribution >= 0.6 is 22.9 Å². The van der Waals surface area contributed by atoms with E-state index >= 15 is 0 Å². The van der Waals surface area contributed by atoms with E-state index in [4.69, 9.17) is 17.3 Å². The van der Waals surface area contributed by atoms with Gasteiger partial charge in [-0.3, -0.25) is 14.6 Å². The molecule has 3 aromatic rings. The van der Waals surface area contributed by atoms with Gasteiger partial charge in [0.2, 0.25) is 5.91 Å². The first-order chi connectivity index (χ1) is 14.4. The molecule has 2 atom stereocenters. The number of benzene rings is 1. The molecule has 0 radical (unpaired) electrons. The van der Waals surface area contributed by atoms with Gasteiger partial charge in [-0.2, -0.15) is 4.39 Å². The molecule has 0 aliphatic heterocycles. The summed E-state index contributed by atoms with van der Waals surface area (Å²) < 4.78 is 28.1. The zero-order chi connectivity index (χ0) is 21.4. The molecule has 9 heteroatoms. The maximum Gasteiger partial charge on any atom is 0.265 e. The Morgan fingerprint density at radius 1 is 1.27 bits per heavy atom. The number of aromatic nitrogens is 1. The zero-order valence-electron chi connectivity index (χ0n) is 15.5. The molecule has 2 N–H and O–H groups in total. The summed E-state index contributed by atoms with van der Waals surface area (Å²) in [6.45, 7) is 0. The summed E-state index contributed by atoms with van der Waals surface area (Å²) in [4.78, 5) is 31.4. The molecule has 30 heavy (non-hydrogen) atoms. The summed E-state index contributed by atoms with van der Waals surface area (Å²) >= 11 is 6.73. The van der Waals surface area contributed by atoms with E-state index in [-0.39, 0.29) is 9.90 Å². The number of amides is 2. The summed E-state index contributed by atoms with van der Waals surface area (Å²) in [5.74, 6) is -1.81. The highest BCUT2D eigenvalue weighted by Crippen LogP contribution is 2.43. The second-order valence-electron chi connectivity index (χ2n) is 6.92. The quantitative estimate of drug-likeness (QED) is 0.628. The van der Waals surface area contributed by atoms with Crippen molar-refractivity contribution in [2.75, 3.05) is 0 Å². The van der Waals surface area contributed by atoms with Crippen molar-refractivity contribution in [3.63, 3.8) is 0 Å². The van der Waals surface area contributed by atoms with Gasteiger partial charge < -0.3 is 10.6 Å². The predicted octanol–water partition coefficient (Wildman–Crippen LogP) is 4.43. The van der Waals surface area contributed by atoms with Gasteiger partial charge in [-0.1, -0.05) is 17.7 Å².